The van der Waals surface area contributed by atoms with Crippen LogP contribution in [0.3, 0.4) is 0 Å². The van der Waals surface area contributed by atoms with Gasteiger partial charge in [-0.05, 0) is 31.0 Å². The van der Waals surface area contributed by atoms with Crippen LogP contribution in [0.2, 0.25) is 0 Å². The molecule has 0 fully saturated rings. The molecule has 0 atom stereocenters. The summed E-state index contributed by atoms with van der Waals surface area (Å²) in [7, 11) is 4.40. The Morgan fingerprint density at radius 1 is 1.05 bits per heavy atom. The van der Waals surface area contributed by atoms with Gasteiger partial charge in [0.2, 0.25) is 0 Å². The van der Waals surface area contributed by atoms with Crippen molar-refractivity contribution in [3.8, 4) is 22.6 Å². The minimum absolute atomic E-state index is 0.0377. The first-order valence-electron chi connectivity index (χ1n) is 11.5. The molecule has 3 N–H and O–H groups in total. The Balaban J connectivity index is 2.04. The van der Waals surface area contributed by atoms with Crippen molar-refractivity contribution in [1.29, 1.82) is 0 Å². The molecule has 0 saturated carbocycles. The fourth-order valence-corrected chi connectivity index (χ4v) is 4.23. The average Bonchev–Trinajstić information content (AvgIpc) is 3.29. The molecule has 0 bridgehead atoms. The summed E-state index contributed by atoms with van der Waals surface area (Å²) in [5.41, 5.74) is 5.32. The first kappa shape index (κ1) is 26.5. The number of H-pyrrole nitrogens is 1. The minimum Gasteiger partial charge on any atom is -0.455 e. The normalized spacial score (nSPS) is 12.8. The summed E-state index contributed by atoms with van der Waals surface area (Å²) in [5.74, 6) is 0.929. The fraction of sp³-hybridized carbons (Fsp3) is 0.222. The molecule has 0 aliphatic heterocycles. The molecule has 4 rings (SSSR count). The standard InChI is InChI=1S/C27H26F3N5O3/c1-14-7-6-8-15(2)24(14)38-21-13-34(4)22(36)10-16(21)19-12-35(5)26(37)23-17(19)9-20(33-23)18(11-32-3)25(31)27(28,29)30/h6-13,33H,31H2,1-5H3/b25-18+,32-11?. The number of hydrogen-bond donors (Lipinski definition) is 2. The van der Waals surface area contributed by atoms with Crippen LogP contribution in [0.4, 0.5) is 13.2 Å². The third-order valence-corrected chi connectivity index (χ3v) is 6.21. The molecule has 3 heterocycles. The maximum Gasteiger partial charge on any atom is 0.431 e. The maximum atomic E-state index is 13.5. The van der Waals surface area contributed by atoms with Crippen molar-refractivity contribution in [2.45, 2.75) is 20.0 Å². The largest absolute Gasteiger partial charge is 0.455 e. The molecule has 8 nitrogen and oxygen atoms in total. The van der Waals surface area contributed by atoms with Crippen molar-refractivity contribution >= 4 is 22.7 Å². The summed E-state index contributed by atoms with van der Waals surface area (Å²) >= 11 is 0. The van der Waals surface area contributed by atoms with E-state index >= 15 is 0 Å². The van der Waals surface area contributed by atoms with E-state index in [1.54, 1.807) is 7.05 Å². The number of halogens is 3. The molecule has 0 aliphatic carbocycles. The Hall–Kier alpha value is -4.54. The molecule has 1 aromatic carbocycles. The zero-order chi connectivity index (χ0) is 27.9. The summed E-state index contributed by atoms with van der Waals surface area (Å²) < 4.78 is 49.4. The summed E-state index contributed by atoms with van der Waals surface area (Å²) in [5, 5.41) is 0.291. The average molecular weight is 526 g/mol. The highest BCUT2D eigenvalue weighted by atomic mass is 19.4. The monoisotopic (exact) mass is 525 g/mol. The number of pyridine rings is 2. The van der Waals surface area contributed by atoms with Gasteiger partial charge in [-0.2, -0.15) is 13.2 Å². The lowest BCUT2D eigenvalue weighted by molar-refractivity contribution is -0.0918. The second kappa shape index (κ2) is 9.73. The number of ether oxygens (including phenoxy) is 1. The van der Waals surface area contributed by atoms with Gasteiger partial charge in [0.05, 0.1) is 11.9 Å². The molecule has 0 aliphatic rings. The molecule has 38 heavy (non-hydrogen) atoms. The minimum atomic E-state index is -4.82. The van der Waals surface area contributed by atoms with Crippen LogP contribution in [0.5, 0.6) is 11.5 Å². The molecular formula is C27H26F3N5O3. The summed E-state index contributed by atoms with van der Waals surface area (Å²) in [4.78, 5) is 32.2. The van der Waals surface area contributed by atoms with Gasteiger partial charge in [-0.1, -0.05) is 18.2 Å². The predicted molar refractivity (Wildman–Crippen MR) is 142 cm³/mol. The van der Waals surface area contributed by atoms with E-state index < -0.39 is 23.0 Å². The lowest BCUT2D eigenvalue weighted by atomic mass is 10.0. The van der Waals surface area contributed by atoms with E-state index in [4.69, 9.17) is 10.5 Å². The first-order chi connectivity index (χ1) is 17.8. The Labute approximate surface area is 215 Å². The molecular weight excluding hydrogens is 499 g/mol. The van der Waals surface area contributed by atoms with Gasteiger partial charge >= 0.3 is 6.18 Å². The molecule has 0 spiro atoms. The Morgan fingerprint density at radius 3 is 2.32 bits per heavy atom. The summed E-state index contributed by atoms with van der Waals surface area (Å²) in [6, 6.07) is 8.43. The number of hydrogen-bond acceptors (Lipinski definition) is 5. The van der Waals surface area contributed by atoms with Gasteiger partial charge in [0, 0.05) is 61.7 Å². The summed E-state index contributed by atoms with van der Waals surface area (Å²) in [6.07, 6.45) is -0.797. The molecule has 198 valence electrons. The molecule has 4 aromatic rings. The number of para-hydroxylation sites is 1. The van der Waals surface area contributed by atoms with Crippen LogP contribution in [0.15, 0.2) is 63.0 Å². The van der Waals surface area contributed by atoms with Crippen molar-refractivity contribution in [3.63, 3.8) is 0 Å². The van der Waals surface area contributed by atoms with Crippen LogP contribution in [-0.4, -0.2) is 33.6 Å². The summed E-state index contributed by atoms with van der Waals surface area (Å²) in [6.45, 7) is 3.78. The van der Waals surface area contributed by atoms with Crippen molar-refractivity contribution in [1.82, 2.24) is 14.1 Å². The molecule has 0 radical (unpaired) electrons. The zero-order valence-electron chi connectivity index (χ0n) is 21.4. The highest BCUT2D eigenvalue weighted by Crippen LogP contribution is 2.38. The number of aliphatic imine (C=N–C) groups is 1. The van der Waals surface area contributed by atoms with Crippen LogP contribution >= 0.6 is 0 Å². The van der Waals surface area contributed by atoms with Crippen LogP contribution in [0.25, 0.3) is 27.6 Å². The van der Waals surface area contributed by atoms with E-state index in [-0.39, 0.29) is 16.8 Å². The lowest BCUT2D eigenvalue weighted by Gasteiger charge is -2.17. The topological polar surface area (TPSA) is 107 Å². The van der Waals surface area contributed by atoms with Gasteiger partial charge in [-0.15, -0.1) is 0 Å². The molecule has 0 unspecified atom stereocenters. The Bertz CT molecular complexity index is 1720. The molecule has 0 saturated heterocycles. The van der Waals surface area contributed by atoms with Gasteiger partial charge < -0.3 is 24.6 Å². The fourth-order valence-electron chi connectivity index (χ4n) is 4.23. The van der Waals surface area contributed by atoms with Crippen LogP contribution < -0.4 is 21.6 Å². The van der Waals surface area contributed by atoms with Crippen molar-refractivity contribution in [2.24, 2.45) is 24.8 Å². The number of nitrogens with two attached hydrogens (primary N) is 1. The predicted octanol–water partition coefficient (Wildman–Crippen LogP) is 4.57. The quantitative estimate of drug-likeness (QED) is 0.372. The lowest BCUT2D eigenvalue weighted by Crippen LogP contribution is -2.22. The Kier molecular flexibility index (Phi) is 6.79. The maximum absolute atomic E-state index is 13.5. The van der Waals surface area contributed by atoms with Gasteiger partial charge in [0.1, 0.15) is 17.0 Å². The number of fused-ring (bicyclic) bond motifs is 1. The van der Waals surface area contributed by atoms with Crippen molar-refractivity contribution in [2.75, 3.05) is 7.05 Å². The van der Waals surface area contributed by atoms with Gasteiger partial charge in [0.25, 0.3) is 11.1 Å². The van der Waals surface area contributed by atoms with Crippen LogP contribution in [0, 0.1) is 13.8 Å². The highest BCUT2D eigenvalue weighted by molar-refractivity contribution is 6.12. The van der Waals surface area contributed by atoms with E-state index in [1.165, 1.54) is 47.8 Å². The van der Waals surface area contributed by atoms with Crippen molar-refractivity contribution < 1.29 is 17.9 Å². The Morgan fingerprint density at radius 2 is 1.71 bits per heavy atom. The number of rotatable bonds is 5. The van der Waals surface area contributed by atoms with Gasteiger partial charge in [-0.3, -0.25) is 14.6 Å². The second-order valence-corrected chi connectivity index (χ2v) is 8.97. The number of aromatic amines is 1. The number of nitrogens with zero attached hydrogens (tertiary/aromatic N) is 3. The van der Waals surface area contributed by atoms with Crippen molar-refractivity contribution in [3.05, 3.63) is 86.0 Å². The van der Waals surface area contributed by atoms with E-state index in [1.807, 2.05) is 32.0 Å². The molecule has 0 amide bonds. The number of alkyl halides is 3. The van der Waals surface area contributed by atoms with E-state index in [0.29, 0.717) is 28.0 Å². The third kappa shape index (κ3) is 4.74. The number of allylic oxidation sites excluding steroid dienone is 2. The zero-order valence-corrected chi connectivity index (χ0v) is 21.4. The number of benzene rings is 1. The van der Waals surface area contributed by atoms with Gasteiger partial charge in [-0.25, -0.2) is 0 Å². The van der Waals surface area contributed by atoms with E-state index in [2.05, 4.69) is 9.98 Å². The second-order valence-electron chi connectivity index (χ2n) is 8.97. The van der Waals surface area contributed by atoms with E-state index in [9.17, 15) is 22.8 Å². The smallest absolute Gasteiger partial charge is 0.431 e. The number of nitrogens with one attached hydrogen (secondary N) is 1. The van der Waals surface area contributed by atoms with Gasteiger partial charge in [0.15, 0.2) is 5.75 Å². The number of aromatic nitrogens is 3. The highest BCUT2D eigenvalue weighted by Gasteiger charge is 2.35. The first-order valence-corrected chi connectivity index (χ1v) is 11.5. The molecule has 11 heteroatoms. The van der Waals surface area contributed by atoms with E-state index in [0.717, 1.165) is 17.3 Å². The molecule has 3 aromatic heterocycles. The van der Waals surface area contributed by atoms with Crippen LogP contribution in [-0.2, 0) is 14.1 Å². The van der Waals surface area contributed by atoms with Crippen LogP contribution in [0.1, 0.15) is 16.8 Å². The third-order valence-electron chi connectivity index (χ3n) is 6.21. The number of aryl methyl sites for hydroxylation is 4. The SMILES string of the molecule is CN=C/C(=C(\N)C(F)(F)F)c1cc2c(-c3cc(=O)n(C)cc3Oc3c(C)cccc3C)cn(C)c(=O)c2[nH]1.